The molecule has 96 valence electrons. The molecule has 1 aliphatic rings. The molecule has 5 nitrogen and oxygen atoms in total. The zero-order chi connectivity index (χ0) is 12.1. The van der Waals surface area contributed by atoms with Crippen LogP contribution >= 0.6 is 0 Å². The highest BCUT2D eigenvalue weighted by Crippen LogP contribution is 2.20. The van der Waals surface area contributed by atoms with Gasteiger partial charge in [0, 0.05) is 18.3 Å². The molecule has 5 heteroatoms. The molecule has 1 fully saturated rings. The summed E-state index contributed by atoms with van der Waals surface area (Å²) < 4.78 is 11.4. The molecule has 0 saturated carbocycles. The molecule has 2 heterocycles. The van der Waals surface area contributed by atoms with Gasteiger partial charge in [-0.15, -0.1) is 5.10 Å². The van der Waals surface area contributed by atoms with E-state index in [2.05, 4.69) is 22.4 Å². The van der Waals surface area contributed by atoms with Crippen LogP contribution < -0.4 is 10.1 Å². The SMILES string of the molecule is CCNCC1CCC(COc2cc(C)[nH]n2)O1. The number of likely N-dealkylation sites (N-methyl/N-ethyl adjacent to an activating group) is 1. The van der Waals surface area contributed by atoms with E-state index in [0.29, 0.717) is 18.6 Å². The lowest BCUT2D eigenvalue weighted by Gasteiger charge is -2.13. The number of aryl methyl sites for hydroxylation is 1. The fourth-order valence-corrected chi connectivity index (χ4v) is 2.00. The molecule has 1 aromatic rings. The van der Waals surface area contributed by atoms with E-state index in [1.54, 1.807) is 0 Å². The molecule has 0 bridgehead atoms. The van der Waals surface area contributed by atoms with Gasteiger partial charge in [0.25, 0.3) is 0 Å². The molecular weight excluding hydrogens is 218 g/mol. The van der Waals surface area contributed by atoms with Crippen molar-refractivity contribution in [1.82, 2.24) is 15.5 Å². The molecule has 1 aromatic heterocycles. The minimum atomic E-state index is 0.204. The van der Waals surface area contributed by atoms with Crippen molar-refractivity contribution >= 4 is 0 Å². The highest BCUT2D eigenvalue weighted by atomic mass is 16.5. The maximum Gasteiger partial charge on any atom is 0.232 e. The molecule has 0 radical (unpaired) electrons. The van der Waals surface area contributed by atoms with Gasteiger partial charge in [-0.3, -0.25) is 5.10 Å². The molecule has 17 heavy (non-hydrogen) atoms. The predicted molar refractivity (Wildman–Crippen MR) is 65.3 cm³/mol. The Kier molecular flexibility index (Phi) is 4.39. The summed E-state index contributed by atoms with van der Waals surface area (Å²) >= 11 is 0. The summed E-state index contributed by atoms with van der Waals surface area (Å²) in [4.78, 5) is 0. The van der Waals surface area contributed by atoms with Gasteiger partial charge in [0.2, 0.25) is 5.88 Å². The van der Waals surface area contributed by atoms with Gasteiger partial charge in [-0.1, -0.05) is 6.92 Å². The second kappa shape index (κ2) is 6.02. The van der Waals surface area contributed by atoms with Crippen molar-refractivity contribution < 1.29 is 9.47 Å². The third-order valence-electron chi connectivity index (χ3n) is 2.92. The minimum Gasteiger partial charge on any atom is -0.474 e. The van der Waals surface area contributed by atoms with Crippen molar-refractivity contribution in [3.8, 4) is 5.88 Å². The number of H-pyrrole nitrogens is 1. The molecule has 0 amide bonds. The summed E-state index contributed by atoms with van der Waals surface area (Å²) in [7, 11) is 0. The second-order valence-corrected chi connectivity index (χ2v) is 4.47. The lowest BCUT2D eigenvalue weighted by atomic mass is 10.2. The fraction of sp³-hybridized carbons (Fsp3) is 0.750. The van der Waals surface area contributed by atoms with E-state index in [-0.39, 0.29) is 6.10 Å². The van der Waals surface area contributed by atoms with E-state index < -0.39 is 0 Å². The first kappa shape index (κ1) is 12.4. The monoisotopic (exact) mass is 239 g/mol. The van der Waals surface area contributed by atoms with Gasteiger partial charge >= 0.3 is 0 Å². The van der Waals surface area contributed by atoms with Gasteiger partial charge in [-0.2, -0.15) is 0 Å². The van der Waals surface area contributed by atoms with Crippen LogP contribution in [0.15, 0.2) is 6.07 Å². The molecule has 0 spiro atoms. The summed E-state index contributed by atoms with van der Waals surface area (Å²) in [6.45, 7) is 6.59. The van der Waals surface area contributed by atoms with Crippen LogP contribution in [0.3, 0.4) is 0 Å². The zero-order valence-electron chi connectivity index (χ0n) is 10.5. The van der Waals surface area contributed by atoms with Crippen molar-refractivity contribution in [3.63, 3.8) is 0 Å². The summed E-state index contributed by atoms with van der Waals surface area (Å²) in [6.07, 6.45) is 2.72. The number of nitrogens with zero attached hydrogens (tertiary/aromatic N) is 1. The van der Waals surface area contributed by atoms with Crippen LogP contribution in [0.4, 0.5) is 0 Å². The summed E-state index contributed by atoms with van der Waals surface area (Å²) in [5, 5.41) is 10.2. The van der Waals surface area contributed by atoms with E-state index in [9.17, 15) is 0 Å². The topological polar surface area (TPSA) is 59.2 Å². The molecule has 2 atom stereocenters. The van der Waals surface area contributed by atoms with Crippen molar-refractivity contribution in [2.75, 3.05) is 19.7 Å². The molecule has 1 saturated heterocycles. The minimum absolute atomic E-state index is 0.204. The Morgan fingerprint density at radius 2 is 2.35 bits per heavy atom. The van der Waals surface area contributed by atoms with Crippen LogP contribution in [0, 0.1) is 6.92 Å². The fourth-order valence-electron chi connectivity index (χ4n) is 2.00. The van der Waals surface area contributed by atoms with Crippen LogP contribution in [0.25, 0.3) is 0 Å². The summed E-state index contributed by atoms with van der Waals surface area (Å²) in [6, 6.07) is 1.89. The normalized spacial score (nSPS) is 24.1. The third-order valence-corrected chi connectivity index (χ3v) is 2.92. The van der Waals surface area contributed by atoms with E-state index >= 15 is 0 Å². The van der Waals surface area contributed by atoms with Crippen LogP contribution in [-0.2, 0) is 4.74 Å². The lowest BCUT2D eigenvalue weighted by molar-refractivity contribution is 0.0178. The third kappa shape index (κ3) is 3.71. The first-order valence-electron chi connectivity index (χ1n) is 6.29. The Balaban J connectivity index is 1.67. The highest BCUT2D eigenvalue weighted by Gasteiger charge is 2.25. The molecule has 0 aromatic carbocycles. The van der Waals surface area contributed by atoms with Crippen molar-refractivity contribution in [2.45, 2.75) is 38.9 Å². The number of ether oxygens (including phenoxy) is 2. The van der Waals surface area contributed by atoms with Gasteiger partial charge in [0.15, 0.2) is 0 Å². The maximum atomic E-state index is 5.87. The highest BCUT2D eigenvalue weighted by molar-refractivity contribution is 5.12. The number of aromatic nitrogens is 2. The first-order chi connectivity index (χ1) is 8.28. The maximum absolute atomic E-state index is 5.87. The molecule has 2 rings (SSSR count). The average molecular weight is 239 g/mol. The number of aromatic amines is 1. The van der Waals surface area contributed by atoms with Gasteiger partial charge in [0.1, 0.15) is 6.61 Å². The predicted octanol–water partition coefficient (Wildman–Crippen LogP) is 1.25. The van der Waals surface area contributed by atoms with Crippen molar-refractivity contribution in [1.29, 1.82) is 0 Å². The standard InChI is InChI=1S/C12H21N3O2/c1-3-13-7-10-4-5-11(17-10)8-16-12-6-9(2)14-15-12/h6,10-11,13H,3-5,7-8H2,1-2H3,(H,14,15). The van der Waals surface area contributed by atoms with E-state index in [1.807, 2.05) is 13.0 Å². The Hall–Kier alpha value is -1.07. The first-order valence-corrected chi connectivity index (χ1v) is 6.29. The second-order valence-electron chi connectivity index (χ2n) is 4.47. The molecule has 2 unspecified atom stereocenters. The Bertz CT molecular complexity index is 340. The number of hydrogen-bond donors (Lipinski definition) is 2. The van der Waals surface area contributed by atoms with Crippen molar-refractivity contribution in [3.05, 3.63) is 11.8 Å². The van der Waals surface area contributed by atoms with Crippen LogP contribution in [0.1, 0.15) is 25.5 Å². The number of nitrogens with one attached hydrogen (secondary N) is 2. The number of hydrogen-bond acceptors (Lipinski definition) is 4. The Labute approximate surface area is 102 Å². The Morgan fingerprint density at radius 3 is 3.06 bits per heavy atom. The van der Waals surface area contributed by atoms with Gasteiger partial charge in [-0.25, -0.2) is 0 Å². The molecule has 0 aliphatic carbocycles. The van der Waals surface area contributed by atoms with Crippen LogP contribution in [-0.4, -0.2) is 42.1 Å². The van der Waals surface area contributed by atoms with Gasteiger partial charge in [-0.05, 0) is 26.3 Å². The number of rotatable bonds is 6. The molecular formula is C12H21N3O2. The van der Waals surface area contributed by atoms with E-state index in [0.717, 1.165) is 31.6 Å². The van der Waals surface area contributed by atoms with E-state index in [1.165, 1.54) is 0 Å². The smallest absolute Gasteiger partial charge is 0.232 e. The van der Waals surface area contributed by atoms with E-state index in [4.69, 9.17) is 9.47 Å². The quantitative estimate of drug-likeness (QED) is 0.784. The zero-order valence-corrected chi connectivity index (χ0v) is 10.5. The summed E-state index contributed by atoms with van der Waals surface area (Å²) in [5.41, 5.74) is 1.01. The van der Waals surface area contributed by atoms with Gasteiger partial charge in [0.05, 0.1) is 12.2 Å². The van der Waals surface area contributed by atoms with Crippen LogP contribution in [0.5, 0.6) is 5.88 Å². The van der Waals surface area contributed by atoms with Crippen molar-refractivity contribution in [2.24, 2.45) is 0 Å². The van der Waals surface area contributed by atoms with Gasteiger partial charge < -0.3 is 14.8 Å². The lowest BCUT2D eigenvalue weighted by Crippen LogP contribution is -2.28. The average Bonchev–Trinajstić information content (AvgIpc) is 2.93. The molecule has 2 N–H and O–H groups in total. The summed E-state index contributed by atoms with van der Waals surface area (Å²) in [5.74, 6) is 0.654. The van der Waals surface area contributed by atoms with Crippen LogP contribution in [0.2, 0.25) is 0 Å². The molecule has 1 aliphatic heterocycles. The Morgan fingerprint density at radius 1 is 1.53 bits per heavy atom. The largest absolute Gasteiger partial charge is 0.474 e.